The lowest BCUT2D eigenvalue weighted by molar-refractivity contribution is -0.137. The lowest BCUT2D eigenvalue weighted by atomic mass is 9.92. The number of hydrogen-bond donors (Lipinski definition) is 1. The van der Waals surface area contributed by atoms with Crippen molar-refractivity contribution >= 4 is 17.7 Å². The first-order valence-electron chi connectivity index (χ1n) is 8.23. The third-order valence-corrected chi connectivity index (χ3v) is 5.45. The zero-order valence-corrected chi connectivity index (χ0v) is 13.9. The molecule has 1 aromatic carbocycles. The molecule has 3 nitrogen and oxygen atoms in total. The summed E-state index contributed by atoms with van der Waals surface area (Å²) in [6, 6.07) is 10.6. The van der Waals surface area contributed by atoms with Gasteiger partial charge in [-0.1, -0.05) is 37.5 Å². The molecule has 1 saturated heterocycles. The minimum atomic E-state index is -0.679. The normalized spacial score (nSPS) is 21.1. The Bertz CT molecular complexity index is 435. The van der Waals surface area contributed by atoms with Crippen molar-refractivity contribution in [3.05, 3.63) is 30.3 Å². The van der Waals surface area contributed by atoms with E-state index in [0.29, 0.717) is 18.3 Å². The molecular formula is C18H26O3S. The molecule has 1 aliphatic heterocycles. The largest absolute Gasteiger partial charge is 0.481 e. The molecule has 0 radical (unpaired) electrons. The maximum absolute atomic E-state index is 10.5. The highest BCUT2D eigenvalue weighted by atomic mass is 32.2. The Balaban J connectivity index is 1.60. The summed E-state index contributed by atoms with van der Waals surface area (Å²) in [6.45, 7) is 1.79. The van der Waals surface area contributed by atoms with Gasteiger partial charge in [0.15, 0.2) is 0 Å². The Morgan fingerprint density at radius 3 is 2.59 bits per heavy atom. The minimum absolute atomic E-state index is 0.308. The van der Waals surface area contributed by atoms with E-state index in [9.17, 15) is 4.79 Å². The van der Waals surface area contributed by atoms with Crippen LogP contribution >= 0.6 is 11.8 Å². The van der Waals surface area contributed by atoms with Gasteiger partial charge in [-0.2, -0.15) is 0 Å². The van der Waals surface area contributed by atoms with E-state index in [4.69, 9.17) is 9.84 Å². The van der Waals surface area contributed by atoms with Gasteiger partial charge >= 0.3 is 5.97 Å². The van der Waals surface area contributed by atoms with Gasteiger partial charge in [0.25, 0.3) is 0 Å². The first kappa shape index (κ1) is 17.4. The number of carboxylic acid groups (broad SMARTS) is 1. The van der Waals surface area contributed by atoms with Gasteiger partial charge < -0.3 is 9.84 Å². The van der Waals surface area contributed by atoms with Crippen LogP contribution in [0.2, 0.25) is 0 Å². The SMILES string of the molecule is O=C(O)CCCCCCC1COCC1CSc1ccccc1. The van der Waals surface area contributed by atoms with E-state index < -0.39 is 5.97 Å². The van der Waals surface area contributed by atoms with Gasteiger partial charge in [0.05, 0.1) is 6.61 Å². The molecule has 122 valence electrons. The molecule has 0 aliphatic carbocycles. The fourth-order valence-electron chi connectivity index (χ4n) is 2.90. The van der Waals surface area contributed by atoms with Crippen LogP contribution in [0.3, 0.4) is 0 Å². The highest BCUT2D eigenvalue weighted by Gasteiger charge is 2.27. The van der Waals surface area contributed by atoms with Crippen LogP contribution < -0.4 is 0 Å². The van der Waals surface area contributed by atoms with Gasteiger partial charge in [-0.15, -0.1) is 11.8 Å². The molecule has 2 rings (SSSR count). The van der Waals surface area contributed by atoms with Crippen LogP contribution in [0.15, 0.2) is 35.2 Å². The van der Waals surface area contributed by atoms with Gasteiger partial charge in [-0.25, -0.2) is 0 Å². The predicted octanol–water partition coefficient (Wildman–Crippen LogP) is 4.47. The van der Waals surface area contributed by atoms with Crippen molar-refractivity contribution in [3.8, 4) is 0 Å². The van der Waals surface area contributed by atoms with E-state index in [-0.39, 0.29) is 0 Å². The number of aliphatic carboxylic acids is 1. The monoisotopic (exact) mass is 322 g/mol. The molecule has 22 heavy (non-hydrogen) atoms. The number of carbonyl (C=O) groups is 1. The molecule has 0 bridgehead atoms. The summed E-state index contributed by atoms with van der Waals surface area (Å²) in [7, 11) is 0. The molecule has 0 saturated carbocycles. The molecule has 1 heterocycles. The molecule has 1 N–H and O–H groups in total. The van der Waals surface area contributed by atoms with E-state index in [1.165, 1.54) is 17.7 Å². The van der Waals surface area contributed by atoms with Crippen LogP contribution in [0.4, 0.5) is 0 Å². The first-order valence-corrected chi connectivity index (χ1v) is 9.21. The second-order valence-electron chi connectivity index (χ2n) is 6.03. The third-order valence-electron chi connectivity index (χ3n) is 4.25. The van der Waals surface area contributed by atoms with Gasteiger partial charge in [0.1, 0.15) is 0 Å². The van der Waals surface area contributed by atoms with E-state index in [1.807, 2.05) is 11.8 Å². The number of hydrogen-bond acceptors (Lipinski definition) is 3. The number of rotatable bonds is 10. The summed E-state index contributed by atoms with van der Waals surface area (Å²) < 4.78 is 5.68. The van der Waals surface area contributed by atoms with Crippen LogP contribution in [0.25, 0.3) is 0 Å². The van der Waals surface area contributed by atoms with Crippen LogP contribution in [0, 0.1) is 11.8 Å². The Labute approximate surface area is 137 Å². The fourth-order valence-corrected chi connectivity index (χ4v) is 4.03. The molecule has 1 aromatic rings. The number of unbranched alkanes of at least 4 members (excludes halogenated alkanes) is 3. The summed E-state index contributed by atoms with van der Waals surface area (Å²) >= 11 is 1.93. The summed E-state index contributed by atoms with van der Waals surface area (Å²) in [5, 5.41) is 8.61. The predicted molar refractivity (Wildman–Crippen MR) is 90.3 cm³/mol. The minimum Gasteiger partial charge on any atom is -0.481 e. The topological polar surface area (TPSA) is 46.5 Å². The maximum atomic E-state index is 10.5. The summed E-state index contributed by atoms with van der Waals surface area (Å²) in [4.78, 5) is 11.8. The van der Waals surface area contributed by atoms with Gasteiger partial charge in [0, 0.05) is 23.7 Å². The Morgan fingerprint density at radius 1 is 1.09 bits per heavy atom. The number of thioether (sulfide) groups is 1. The highest BCUT2D eigenvalue weighted by molar-refractivity contribution is 7.99. The second-order valence-corrected chi connectivity index (χ2v) is 7.12. The molecule has 2 atom stereocenters. The molecular weight excluding hydrogens is 296 g/mol. The molecule has 0 amide bonds. The van der Waals surface area contributed by atoms with Gasteiger partial charge in [-0.05, 0) is 36.8 Å². The van der Waals surface area contributed by atoms with Gasteiger partial charge in [0.2, 0.25) is 0 Å². The van der Waals surface area contributed by atoms with Crippen LogP contribution in [-0.2, 0) is 9.53 Å². The van der Waals surface area contributed by atoms with E-state index in [0.717, 1.165) is 38.2 Å². The lowest BCUT2D eigenvalue weighted by Crippen LogP contribution is -2.15. The van der Waals surface area contributed by atoms with Crippen molar-refractivity contribution in [2.24, 2.45) is 11.8 Å². The van der Waals surface area contributed by atoms with E-state index in [1.54, 1.807) is 0 Å². The molecule has 1 aliphatic rings. The van der Waals surface area contributed by atoms with Crippen LogP contribution in [0.1, 0.15) is 38.5 Å². The summed E-state index contributed by atoms with van der Waals surface area (Å²) in [6.07, 6.45) is 5.70. The first-order chi connectivity index (χ1) is 10.8. The average molecular weight is 322 g/mol. The van der Waals surface area contributed by atoms with E-state index >= 15 is 0 Å². The zero-order valence-electron chi connectivity index (χ0n) is 13.1. The standard InChI is InChI=1S/C18H26O3S/c19-18(20)11-7-2-1-4-8-15-12-21-13-16(15)14-22-17-9-5-3-6-10-17/h3,5-6,9-10,15-16H,1-2,4,7-8,11-14H2,(H,19,20). The van der Waals surface area contributed by atoms with Crippen LogP contribution in [-0.4, -0.2) is 30.0 Å². The molecule has 2 unspecified atom stereocenters. The third kappa shape index (κ3) is 6.41. The number of carboxylic acids is 1. The van der Waals surface area contributed by atoms with Crippen molar-refractivity contribution in [2.75, 3.05) is 19.0 Å². The zero-order chi connectivity index (χ0) is 15.6. The van der Waals surface area contributed by atoms with Crippen LogP contribution in [0.5, 0.6) is 0 Å². The Hall–Kier alpha value is -1.00. The van der Waals surface area contributed by atoms with Gasteiger partial charge in [-0.3, -0.25) is 4.79 Å². The van der Waals surface area contributed by atoms with Crippen molar-refractivity contribution in [2.45, 2.75) is 43.4 Å². The van der Waals surface area contributed by atoms with Crippen molar-refractivity contribution in [3.63, 3.8) is 0 Å². The average Bonchev–Trinajstić information content (AvgIpc) is 2.97. The Kier molecular flexibility index (Phi) is 7.81. The van der Waals surface area contributed by atoms with Crippen molar-refractivity contribution in [1.29, 1.82) is 0 Å². The van der Waals surface area contributed by atoms with E-state index in [2.05, 4.69) is 30.3 Å². The maximum Gasteiger partial charge on any atom is 0.303 e. The summed E-state index contributed by atoms with van der Waals surface area (Å²) in [5.74, 6) is 1.79. The molecule has 4 heteroatoms. The summed E-state index contributed by atoms with van der Waals surface area (Å²) in [5.41, 5.74) is 0. The fraction of sp³-hybridized carbons (Fsp3) is 0.611. The van der Waals surface area contributed by atoms with Crippen molar-refractivity contribution < 1.29 is 14.6 Å². The van der Waals surface area contributed by atoms with Crippen molar-refractivity contribution in [1.82, 2.24) is 0 Å². The highest BCUT2D eigenvalue weighted by Crippen LogP contribution is 2.31. The number of benzene rings is 1. The number of ether oxygens (including phenoxy) is 1. The smallest absolute Gasteiger partial charge is 0.303 e. The second kappa shape index (κ2) is 9.90. The molecule has 0 spiro atoms. The molecule has 0 aromatic heterocycles. The quantitative estimate of drug-likeness (QED) is 0.510. The lowest BCUT2D eigenvalue weighted by Gasteiger charge is -2.17. The Morgan fingerprint density at radius 2 is 1.82 bits per heavy atom. The molecule has 1 fully saturated rings.